The molecule has 0 radical (unpaired) electrons. The lowest BCUT2D eigenvalue weighted by Crippen LogP contribution is -2.23. The van der Waals surface area contributed by atoms with E-state index in [1.54, 1.807) is 7.11 Å². The first kappa shape index (κ1) is 15.1. The van der Waals surface area contributed by atoms with E-state index in [2.05, 4.69) is 24.4 Å². The van der Waals surface area contributed by atoms with Gasteiger partial charge in [-0.15, -0.1) is 0 Å². The van der Waals surface area contributed by atoms with Gasteiger partial charge in [-0.3, -0.25) is 0 Å². The number of hydrogen-bond donors (Lipinski definition) is 1. The molecule has 1 aromatic rings. The molecule has 0 amide bonds. The zero-order valence-corrected chi connectivity index (χ0v) is 12.5. The normalized spacial score (nSPS) is 15.7. The van der Waals surface area contributed by atoms with Crippen LogP contribution in [-0.2, 0) is 4.74 Å². The highest BCUT2D eigenvalue weighted by Crippen LogP contribution is 2.33. The van der Waals surface area contributed by atoms with Gasteiger partial charge in [-0.25, -0.2) is 0 Å². The maximum atomic E-state index is 5.76. The van der Waals surface area contributed by atoms with Gasteiger partial charge in [-0.2, -0.15) is 0 Å². The number of fused-ring (bicyclic) bond motifs is 1. The summed E-state index contributed by atoms with van der Waals surface area (Å²) in [6.45, 7) is 5.38. The van der Waals surface area contributed by atoms with Crippen LogP contribution in [0.4, 0.5) is 0 Å². The molecule has 1 heterocycles. The molecule has 2 rings (SSSR count). The van der Waals surface area contributed by atoms with Crippen molar-refractivity contribution in [3.05, 3.63) is 23.8 Å². The number of nitrogens with one attached hydrogen (secondary N) is 1. The minimum absolute atomic E-state index is 0.298. The number of methoxy groups -OCH3 is 1. The molecular formula is C16H25NO3. The fourth-order valence-electron chi connectivity index (χ4n) is 2.34. The predicted molar refractivity (Wildman–Crippen MR) is 79.6 cm³/mol. The van der Waals surface area contributed by atoms with Gasteiger partial charge in [0.2, 0.25) is 0 Å². The van der Waals surface area contributed by atoms with Crippen molar-refractivity contribution in [3.63, 3.8) is 0 Å². The first-order chi connectivity index (χ1) is 9.85. The van der Waals surface area contributed by atoms with Crippen molar-refractivity contribution in [3.8, 4) is 11.5 Å². The molecule has 0 saturated carbocycles. The number of rotatable bonds is 7. The summed E-state index contributed by atoms with van der Waals surface area (Å²) in [5, 5.41) is 3.57. The number of ether oxygens (including phenoxy) is 3. The molecule has 0 bridgehead atoms. The molecule has 1 aliphatic heterocycles. The topological polar surface area (TPSA) is 39.7 Å². The molecule has 0 spiro atoms. The average Bonchev–Trinajstić information content (AvgIpc) is 2.72. The van der Waals surface area contributed by atoms with E-state index in [9.17, 15) is 0 Å². The van der Waals surface area contributed by atoms with Crippen molar-refractivity contribution in [2.75, 3.05) is 33.5 Å². The maximum Gasteiger partial charge on any atom is 0.161 e. The third-order valence-corrected chi connectivity index (χ3v) is 3.43. The Labute approximate surface area is 121 Å². The van der Waals surface area contributed by atoms with Gasteiger partial charge in [-0.1, -0.05) is 13.0 Å². The second-order valence-corrected chi connectivity index (χ2v) is 5.04. The zero-order chi connectivity index (χ0) is 14.2. The molecule has 1 N–H and O–H groups in total. The molecule has 1 aliphatic rings. The minimum atomic E-state index is 0.298. The summed E-state index contributed by atoms with van der Waals surface area (Å²) in [6, 6.07) is 6.54. The maximum absolute atomic E-state index is 5.76. The molecule has 0 saturated heterocycles. The molecule has 20 heavy (non-hydrogen) atoms. The van der Waals surface area contributed by atoms with Crippen LogP contribution in [0.3, 0.4) is 0 Å². The third-order valence-electron chi connectivity index (χ3n) is 3.43. The van der Waals surface area contributed by atoms with Gasteiger partial charge in [0, 0.05) is 26.2 Å². The van der Waals surface area contributed by atoms with E-state index >= 15 is 0 Å². The second kappa shape index (κ2) is 8.12. The van der Waals surface area contributed by atoms with E-state index in [-0.39, 0.29) is 0 Å². The molecule has 4 heteroatoms. The number of benzene rings is 1. The van der Waals surface area contributed by atoms with Gasteiger partial charge in [0.1, 0.15) is 0 Å². The van der Waals surface area contributed by atoms with Gasteiger partial charge in [0.15, 0.2) is 11.5 Å². The molecule has 1 atom stereocenters. The summed E-state index contributed by atoms with van der Waals surface area (Å²) in [6.07, 6.45) is 3.01. The summed E-state index contributed by atoms with van der Waals surface area (Å²) >= 11 is 0. The minimum Gasteiger partial charge on any atom is -0.490 e. The van der Waals surface area contributed by atoms with E-state index in [1.165, 1.54) is 5.56 Å². The lowest BCUT2D eigenvalue weighted by Gasteiger charge is -2.20. The van der Waals surface area contributed by atoms with Crippen molar-refractivity contribution in [1.29, 1.82) is 0 Å². The van der Waals surface area contributed by atoms with Gasteiger partial charge < -0.3 is 19.5 Å². The predicted octanol–water partition coefficient (Wildman–Crippen LogP) is 2.93. The van der Waals surface area contributed by atoms with Crippen LogP contribution in [0.1, 0.15) is 37.8 Å². The van der Waals surface area contributed by atoms with Crippen LogP contribution in [0.15, 0.2) is 18.2 Å². The lowest BCUT2D eigenvalue weighted by atomic mass is 10.0. The van der Waals surface area contributed by atoms with Crippen LogP contribution in [0.2, 0.25) is 0 Å². The molecule has 1 unspecified atom stereocenters. The third kappa shape index (κ3) is 4.12. The Hall–Kier alpha value is -1.26. The van der Waals surface area contributed by atoms with E-state index in [4.69, 9.17) is 14.2 Å². The molecule has 0 aromatic heterocycles. The second-order valence-electron chi connectivity index (χ2n) is 5.04. The highest BCUT2D eigenvalue weighted by atomic mass is 16.5. The Morgan fingerprint density at radius 1 is 1.25 bits per heavy atom. The summed E-state index contributed by atoms with van der Waals surface area (Å²) < 4.78 is 16.7. The smallest absolute Gasteiger partial charge is 0.161 e. The van der Waals surface area contributed by atoms with E-state index in [1.807, 2.05) is 6.07 Å². The zero-order valence-electron chi connectivity index (χ0n) is 12.5. The van der Waals surface area contributed by atoms with Crippen molar-refractivity contribution in [1.82, 2.24) is 5.32 Å². The highest BCUT2D eigenvalue weighted by Gasteiger charge is 2.15. The Bertz CT molecular complexity index is 401. The fraction of sp³-hybridized carbons (Fsp3) is 0.625. The monoisotopic (exact) mass is 279 g/mol. The SMILES string of the molecule is CCCNC(CCOC)c1ccc2c(c1)OCCCO2. The standard InChI is InChI=1S/C16H25NO3/c1-3-8-17-14(7-11-18-2)13-5-6-15-16(12-13)20-10-4-9-19-15/h5-6,12,14,17H,3-4,7-11H2,1-2H3. The molecule has 4 nitrogen and oxygen atoms in total. The van der Waals surface area contributed by atoms with Crippen LogP contribution in [-0.4, -0.2) is 33.5 Å². The quantitative estimate of drug-likeness (QED) is 0.833. The summed E-state index contributed by atoms with van der Waals surface area (Å²) in [5.41, 5.74) is 1.24. The van der Waals surface area contributed by atoms with Gasteiger partial charge in [-0.05, 0) is 37.1 Å². The first-order valence-electron chi connectivity index (χ1n) is 7.47. The Kier molecular flexibility index (Phi) is 6.15. The van der Waals surface area contributed by atoms with Crippen LogP contribution >= 0.6 is 0 Å². The van der Waals surface area contributed by atoms with Gasteiger partial charge >= 0.3 is 0 Å². The van der Waals surface area contributed by atoms with E-state index in [0.717, 1.165) is 57.1 Å². The van der Waals surface area contributed by atoms with Crippen molar-refractivity contribution in [2.45, 2.75) is 32.2 Å². The molecule has 1 aromatic carbocycles. The lowest BCUT2D eigenvalue weighted by molar-refractivity contribution is 0.183. The van der Waals surface area contributed by atoms with Crippen LogP contribution < -0.4 is 14.8 Å². The molecular weight excluding hydrogens is 254 g/mol. The number of hydrogen-bond acceptors (Lipinski definition) is 4. The van der Waals surface area contributed by atoms with E-state index < -0.39 is 0 Å². The summed E-state index contributed by atoms with van der Waals surface area (Å²) in [5.74, 6) is 1.72. The van der Waals surface area contributed by atoms with E-state index in [0.29, 0.717) is 6.04 Å². The molecule has 112 valence electrons. The Morgan fingerprint density at radius 3 is 2.80 bits per heavy atom. The Balaban J connectivity index is 2.12. The van der Waals surface area contributed by atoms with Crippen LogP contribution in [0, 0.1) is 0 Å². The van der Waals surface area contributed by atoms with Crippen LogP contribution in [0.25, 0.3) is 0 Å². The van der Waals surface area contributed by atoms with Crippen molar-refractivity contribution in [2.24, 2.45) is 0 Å². The first-order valence-corrected chi connectivity index (χ1v) is 7.47. The summed E-state index contributed by atoms with van der Waals surface area (Å²) in [4.78, 5) is 0. The average molecular weight is 279 g/mol. The summed E-state index contributed by atoms with van der Waals surface area (Å²) in [7, 11) is 1.74. The molecule has 0 aliphatic carbocycles. The van der Waals surface area contributed by atoms with Crippen molar-refractivity contribution < 1.29 is 14.2 Å². The van der Waals surface area contributed by atoms with Crippen LogP contribution in [0.5, 0.6) is 11.5 Å². The largest absolute Gasteiger partial charge is 0.490 e. The fourth-order valence-corrected chi connectivity index (χ4v) is 2.34. The van der Waals surface area contributed by atoms with Gasteiger partial charge in [0.05, 0.1) is 13.2 Å². The molecule has 0 fully saturated rings. The van der Waals surface area contributed by atoms with Gasteiger partial charge in [0.25, 0.3) is 0 Å². The van der Waals surface area contributed by atoms with Crippen molar-refractivity contribution >= 4 is 0 Å². The highest BCUT2D eigenvalue weighted by molar-refractivity contribution is 5.44. The Morgan fingerprint density at radius 2 is 2.05 bits per heavy atom.